The van der Waals surface area contributed by atoms with Crippen molar-refractivity contribution in [2.45, 2.75) is 39.2 Å². The van der Waals surface area contributed by atoms with Gasteiger partial charge in [0, 0.05) is 6.07 Å². The number of hydrogen-bond donors (Lipinski definition) is 0. The van der Waals surface area contributed by atoms with Gasteiger partial charge < -0.3 is 0 Å². The number of halogens is 3. The first-order chi connectivity index (χ1) is 9.49. The Morgan fingerprint density at radius 3 is 2.50 bits per heavy atom. The highest BCUT2D eigenvalue weighted by atomic mass is 19.2. The Bertz CT molecular complexity index is 454. The minimum absolute atomic E-state index is 0.00217. The number of amides is 1. The number of carbonyl (C=O) groups excluding carboxylic acids is 1. The van der Waals surface area contributed by atoms with Gasteiger partial charge in [-0.2, -0.15) is 0 Å². The van der Waals surface area contributed by atoms with Gasteiger partial charge in [0.2, 0.25) is 6.41 Å². The summed E-state index contributed by atoms with van der Waals surface area (Å²) in [7, 11) is 0. The first kappa shape index (κ1) is 16.5. The third-order valence-electron chi connectivity index (χ3n) is 2.88. The van der Waals surface area contributed by atoms with Crippen molar-refractivity contribution in [3.05, 3.63) is 35.1 Å². The monoisotopic (exact) mass is 289 g/mol. The van der Waals surface area contributed by atoms with Crippen molar-refractivity contribution in [3.8, 4) is 0 Å². The Morgan fingerprint density at radius 2 is 1.90 bits per heavy atom. The summed E-state index contributed by atoms with van der Waals surface area (Å²) in [4.78, 5) is 16.1. The smallest absolute Gasteiger partial charge is 0.233 e. The van der Waals surface area contributed by atoms with Gasteiger partial charge in [0.15, 0.2) is 11.6 Å². The van der Waals surface area contributed by atoms with Crippen molar-refractivity contribution >= 4 is 6.41 Å². The lowest BCUT2D eigenvalue weighted by Crippen LogP contribution is -2.34. The lowest BCUT2D eigenvalue weighted by Gasteiger charge is -2.24. The molecule has 0 N–H and O–H groups in total. The van der Waals surface area contributed by atoms with Crippen molar-refractivity contribution in [1.29, 1.82) is 0 Å². The van der Waals surface area contributed by atoms with Gasteiger partial charge in [-0.3, -0.25) is 9.63 Å². The number of rotatable bonds is 8. The predicted octanol–water partition coefficient (Wildman–Crippen LogP) is 3.23. The zero-order chi connectivity index (χ0) is 15.1. The lowest BCUT2D eigenvalue weighted by atomic mass is 10.1. The van der Waals surface area contributed by atoms with Crippen LogP contribution in [-0.2, 0) is 16.1 Å². The van der Waals surface area contributed by atoms with Crippen LogP contribution in [0, 0.1) is 17.5 Å². The van der Waals surface area contributed by atoms with Crippen LogP contribution < -0.4 is 0 Å². The molecule has 1 atom stereocenters. The average molecular weight is 289 g/mol. The molecule has 0 aliphatic heterocycles. The normalized spacial score (nSPS) is 12.2. The van der Waals surface area contributed by atoms with E-state index in [2.05, 4.69) is 0 Å². The van der Waals surface area contributed by atoms with E-state index in [9.17, 15) is 18.0 Å². The van der Waals surface area contributed by atoms with Crippen molar-refractivity contribution in [1.82, 2.24) is 5.06 Å². The standard InChI is InChI=1S/C14H18F3NO2/c1-3-4-5-20-18(9-19)10(2)6-11-7-13(16)14(17)8-12(11)15/h7-10H,3-6H2,1-2H3/t10-/m0/s1. The first-order valence-corrected chi connectivity index (χ1v) is 6.49. The molecular formula is C14H18F3NO2. The summed E-state index contributed by atoms with van der Waals surface area (Å²) in [6.07, 6.45) is 2.24. The number of nitrogens with zero attached hydrogens (tertiary/aromatic N) is 1. The predicted molar refractivity (Wildman–Crippen MR) is 68.2 cm³/mol. The summed E-state index contributed by atoms with van der Waals surface area (Å²) < 4.78 is 39.4. The molecule has 0 saturated heterocycles. The molecule has 0 aliphatic carbocycles. The van der Waals surface area contributed by atoms with Gasteiger partial charge in [-0.25, -0.2) is 18.2 Å². The van der Waals surface area contributed by atoms with Gasteiger partial charge in [-0.1, -0.05) is 13.3 Å². The summed E-state index contributed by atoms with van der Waals surface area (Å²) >= 11 is 0. The van der Waals surface area contributed by atoms with E-state index in [0.29, 0.717) is 19.1 Å². The van der Waals surface area contributed by atoms with E-state index in [1.54, 1.807) is 6.92 Å². The van der Waals surface area contributed by atoms with E-state index in [1.807, 2.05) is 6.92 Å². The molecule has 0 aromatic heterocycles. The van der Waals surface area contributed by atoms with Gasteiger partial charge in [0.25, 0.3) is 0 Å². The molecule has 3 nitrogen and oxygen atoms in total. The highest BCUT2D eigenvalue weighted by molar-refractivity contribution is 5.45. The molecule has 1 aromatic rings. The van der Waals surface area contributed by atoms with Crippen molar-refractivity contribution in [2.75, 3.05) is 6.61 Å². The van der Waals surface area contributed by atoms with Crippen LogP contribution in [-0.4, -0.2) is 24.1 Å². The quantitative estimate of drug-likeness (QED) is 0.318. The second-order valence-electron chi connectivity index (χ2n) is 4.56. The Labute approximate surface area is 116 Å². The molecule has 0 aliphatic rings. The van der Waals surface area contributed by atoms with Gasteiger partial charge in [0.1, 0.15) is 5.82 Å². The molecule has 20 heavy (non-hydrogen) atoms. The van der Waals surface area contributed by atoms with Gasteiger partial charge in [-0.05, 0) is 31.4 Å². The minimum atomic E-state index is -1.23. The first-order valence-electron chi connectivity index (χ1n) is 6.49. The third kappa shape index (κ3) is 4.52. The number of carbonyl (C=O) groups is 1. The van der Waals surface area contributed by atoms with Gasteiger partial charge in [-0.15, -0.1) is 0 Å². The summed E-state index contributed by atoms with van der Waals surface area (Å²) in [5.41, 5.74) is 0.00217. The fourth-order valence-electron chi connectivity index (χ4n) is 1.70. The van der Waals surface area contributed by atoms with E-state index in [0.717, 1.165) is 24.0 Å². The maximum atomic E-state index is 13.5. The van der Waals surface area contributed by atoms with E-state index in [-0.39, 0.29) is 12.0 Å². The number of hydroxylamine groups is 2. The Hall–Kier alpha value is -1.56. The second kappa shape index (κ2) is 7.89. The Kier molecular flexibility index (Phi) is 6.51. The summed E-state index contributed by atoms with van der Waals surface area (Å²) in [6.45, 7) is 4.00. The minimum Gasteiger partial charge on any atom is -0.276 e. The molecule has 1 aromatic carbocycles. The largest absolute Gasteiger partial charge is 0.276 e. The summed E-state index contributed by atoms with van der Waals surface area (Å²) in [6, 6.07) is 0.820. The van der Waals surface area contributed by atoms with Crippen LogP contribution >= 0.6 is 0 Å². The molecular weight excluding hydrogens is 271 g/mol. The second-order valence-corrected chi connectivity index (χ2v) is 4.56. The topological polar surface area (TPSA) is 29.5 Å². The zero-order valence-electron chi connectivity index (χ0n) is 11.5. The molecule has 6 heteroatoms. The molecule has 0 saturated carbocycles. The number of hydrogen-bond acceptors (Lipinski definition) is 2. The lowest BCUT2D eigenvalue weighted by molar-refractivity contribution is -0.184. The van der Waals surface area contributed by atoms with E-state index < -0.39 is 23.5 Å². The van der Waals surface area contributed by atoms with Crippen LogP contribution in [0.2, 0.25) is 0 Å². The van der Waals surface area contributed by atoms with Gasteiger partial charge in [0.05, 0.1) is 12.6 Å². The zero-order valence-corrected chi connectivity index (χ0v) is 11.5. The molecule has 0 heterocycles. The third-order valence-corrected chi connectivity index (χ3v) is 2.88. The maximum absolute atomic E-state index is 13.5. The number of benzene rings is 1. The summed E-state index contributed by atoms with van der Waals surface area (Å²) in [5, 5.41) is 1.07. The molecule has 0 radical (unpaired) electrons. The molecule has 0 fully saturated rings. The van der Waals surface area contributed by atoms with E-state index in [1.165, 1.54) is 0 Å². The van der Waals surface area contributed by atoms with Crippen LogP contribution in [0.5, 0.6) is 0 Å². The molecule has 112 valence electrons. The van der Waals surface area contributed by atoms with Crippen molar-refractivity contribution < 1.29 is 22.8 Å². The molecule has 1 amide bonds. The number of unbranched alkanes of at least 4 members (excludes halogenated alkanes) is 1. The van der Waals surface area contributed by atoms with Gasteiger partial charge >= 0.3 is 0 Å². The average Bonchev–Trinajstić information content (AvgIpc) is 2.41. The molecule has 0 unspecified atom stereocenters. The molecule has 0 spiro atoms. The van der Waals surface area contributed by atoms with E-state index >= 15 is 0 Å². The Morgan fingerprint density at radius 1 is 1.25 bits per heavy atom. The fraction of sp³-hybridized carbons (Fsp3) is 0.500. The van der Waals surface area contributed by atoms with Crippen molar-refractivity contribution in [3.63, 3.8) is 0 Å². The van der Waals surface area contributed by atoms with Crippen LogP contribution in [0.1, 0.15) is 32.3 Å². The maximum Gasteiger partial charge on any atom is 0.233 e. The highest BCUT2D eigenvalue weighted by Crippen LogP contribution is 2.17. The SMILES string of the molecule is CCCCON(C=O)[C@@H](C)Cc1cc(F)c(F)cc1F. The van der Waals surface area contributed by atoms with Crippen LogP contribution in [0.25, 0.3) is 0 Å². The van der Waals surface area contributed by atoms with Crippen LogP contribution in [0.4, 0.5) is 13.2 Å². The van der Waals surface area contributed by atoms with Crippen LogP contribution in [0.15, 0.2) is 12.1 Å². The van der Waals surface area contributed by atoms with Crippen LogP contribution in [0.3, 0.4) is 0 Å². The molecule has 0 bridgehead atoms. The van der Waals surface area contributed by atoms with E-state index in [4.69, 9.17) is 4.84 Å². The Balaban J connectivity index is 2.70. The summed E-state index contributed by atoms with van der Waals surface area (Å²) in [5.74, 6) is -3.18. The molecule has 1 rings (SSSR count). The fourth-order valence-corrected chi connectivity index (χ4v) is 1.70. The highest BCUT2D eigenvalue weighted by Gasteiger charge is 2.17. The van der Waals surface area contributed by atoms with Crippen molar-refractivity contribution in [2.24, 2.45) is 0 Å².